The predicted molar refractivity (Wildman–Crippen MR) is 135 cm³/mol. The van der Waals surface area contributed by atoms with Crippen LogP contribution in [0.2, 0.25) is 0 Å². The summed E-state index contributed by atoms with van der Waals surface area (Å²) in [5.41, 5.74) is 0.459. The highest BCUT2D eigenvalue weighted by Gasteiger charge is 2.40. The first kappa shape index (κ1) is 26.2. The summed E-state index contributed by atoms with van der Waals surface area (Å²) in [6, 6.07) is 2.31. The minimum Gasteiger partial charge on any atom is -0.469 e. The highest BCUT2D eigenvalue weighted by molar-refractivity contribution is 5.23. The molecule has 4 heterocycles. The Morgan fingerprint density at radius 1 is 1.08 bits per heavy atom. The second-order valence-corrected chi connectivity index (χ2v) is 11.2. The van der Waals surface area contributed by atoms with Crippen LogP contribution in [0.5, 0.6) is 5.88 Å². The van der Waals surface area contributed by atoms with Crippen molar-refractivity contribution < 1.29 is 23.0 Å². The maximum atomic E-state index is 13.0. The van der Waals surface area contributed by atoms with Crippen molar-refractivity contribution in [3.05, 3.63) is 53.5 Å². The molecule has 0 amide bonds. The highest BCUT2D eigenvalue weighted by Crippen LogP contribution is 2.41. The number of halogens is 3. The number of likely N-dealkylation sites (tertiary alicyclic amines) is 1. The molecule has 3 aromatic heterocycles. The van der Waals surface area contributed by atoms with Gasteiger partial charge in [-0.15, -0.1) is 10.2 Å². The van der Waals surface area contributed by atoms with Crippen molar-refractivity contribution in [2.75, 3.05) is 13.1 Å². The second kappa shape index (κ2) is 10.5. The Morgan fingerprint density at radius 3 is 2.56 bits per heavy atom. The molecular formula is C27H34F3N7O2. The molecule has 3 aliphatic rings. The zero-order valence-electron chi connectivity index (χ0n) is 22.0. The molecule has 1 N–H and O–H groups in total. The number of aliphatic hydroxyl groups is 1. The first-order chi connectivity index (χ1) is 18.8. The summed E-state index contributed by atoms with van der Waals surface area (Å²) in [5, 5.41) is 23.9. The zero-order valence-corrected chi connectivity index (χ0v) is 22.0. The second-order valence-electron chi connectivity index (χ2n) is 11.2. The van der Waals surface area contributed by atoms with Gasteiger partial charge in [-0.3, -0.25) is 9.58 Å². The molecule has 39 heavy (non-hydrogen) atoms. The number of alkyl halides is 3. The number of nitrogens with zero attached hydrogens (tertiary/aromatic N) is 7. The molecule has 1 saturated heterocycles. The molecule has 9 nitrogen and oxygen atoms in total. The van der Waals surface area contributed by atoms with Crippen LogP contribution in [0.3, 0.4) is 0 Å². The summed E-state index contributed by atoms with van der Waals surface area (Å²) in [5.74, 6) is 2.02. The maximum absolute atomic E-state index is 13.0. The third kappa shape index (κ3) is 5.41. The van der Waals surface area contributed by atoms with E-state index in [-0.39, 0.29) is 36.6 Å². The predicted octanol–water partition coefficient (Wildman–Crippen LogP) is 4.22. The molecule has 0 aromatic carbocycles. The molecular weight excluding hydrogens is 511 g/mol. The van der Waals surface area contributed by atoms with Crippen molar-refractivity contribution in [2.45, 2.75) is 87.8 Å². The summed E-state index contributed by atoms with van der Waals surface area (Å²) < 4.78 is 48.3. The molecule has 3 fully saturated rings. The fraction of sp³-hybridized carbons (Fsp3) is 0.630. The quantitative estimate of drug-likeness (QED) is 0.475. The first-order valence-corrected chi connectivity index (χ1v) is 13.8. The minimum atomic E-state index is -4.45. The van der Waals surface area contributed by atoms with E-state index in [4.69, 9.17) is 4.74 Å². The Bertz CT molecular complexity index is 1280. The molecule has 3 aromatic rings. The van der Waals surface area contributed by atoms with Crippen LogP contribution in [0.15, 0.2) is 30.7 Å². The molecule has 6 rings (SSSR count). The summed E-state index contributed by atoms with van der Waals surface area (Å²) in [6.07, 6.45) is 7.46. The van der Waals surface area contributed by atoms with Gasteiger partial charge in [0.05, 0.1) is 23.9 Å². The first-order valence-electron chi connectivity index (χ1n) is 13.8. The van der Waals surface area contributed by atoms with Gasteiger partial charge >= 0.3 is 6.18 Å². The van der Waals surface area contributed by atoms with Crippen molar-refractivity contribution in [1.82, 2.24) is 34.4 Å². The van der Waals surface area contributed by atoms with Crippen LogP contribution in [-0.2, 0) is 19.8 Å². The molecule has 2 aliphatic carbocycles. The molecule has 3 unspecified atom stereocenters. The van der Waals surface area contributed by atoms with E-state index in [9.17, 15) is 18.3 Å². The molecule has 2 saturated carbocycles. The van der Waals surface area contributed by atoms with Crippen molar-refractivity contribution in [3.63, 3.8) is 0 Å². The summed E-state index contributed by atoms with van der Waals surface area (Å²) in [6.45, 7) is 2.17. The normalized spacial score (nSPS) is 28.0. The molecule has 0 radical (unpaired) electrons. The largest absolute Gasteiger partial charge is 0.469 e. The summed E-state index contributed by atoms with van der Waals surface area (Å²) in [4.78, 5) is 6.27. The molecule has 0 spiro atoms. The average Bonchev–Trinajstić information content (AvgIpc) is 3.61. The molecule has 12 heteroatoms. The van der Waals surface area contributed by atoms with E-state index in [1.54, 1.807) is 0 Å². The lowest BCUT2D eigenvalue weighted by Crippen LogP contribution is -2.48. The van der Waals surface area contributed by atoms with Gasteiger partial charge in [-0.25, -0.2) is 4.98 Å². The van der Waals surface area contributed by atoms with Crippen molar-refractivity contribution in [3.8, 4) is 5.88 Å². The number of hydrogen-bond acceptors (Lipinski definition) is 7. The van der Waals surface area contributed by atoms with Gasteiger partial charge in [-0.1, -0.05) is 0 Å². The van der Waals surface area contributed by atoms with Gasteiger partial charge in [0.25, 0.3) is 0 Å². The number of pyridine rings is 1. The fourth-order valence-electron chi connectivity index (χ4n) is 6.36. The third-order valence-corrected chi connectivity index (χ3v) is 8.80. The number of rotatable bonds is 7. The van der Waals surface area contributed by atoms with E-state index < -0.39 is 11.7 Å². The molecule has 210 valence electrons. The van der Waals surface area contributed by atoms with Crippen LogP contribution in [0.25, 0.3) is 0 Å². The van der Waals surface area contributed by atoms with Gasteiger partial charge < -0.3 is 14.4 Å². The Kier molecular flexibility index (Phi) is 7.09. The van der Waals surface area contributed by atoms with Crippen LogP contribution in [-0.4, -0.2) is 64.8 Å². The van der Waals surface area contributed by atoms with Crippen LogP contribution in [0.1, 0.15) is 85.6 Å². The maximum Gasteiger partial charge on any atom is 0.416 e. The smallest absolute Gasteiger partial charge is 0.416 e. The summed E-state index contributed by atoms with van der Waals surface area (Å²) in [7, 11) is 1.87. The third-order valence-electron chi connectivity index (χ3n) is 8.80. The van der Waals surface area contributed by atoms with Crippen molar-refractivity contribution >= 4 is 0 Å². The van der Waals surface area contributed by atoms with Crippen molar-refractivity contribution in [2.24, 2.45) is 7.05 Å². The number of ether oxygens (including phenoxy) is 1. The number of hydrogen-bond donors (Lipinski definition) is 1. The fourth-order valence-corrected chi connectivity index (χ4v) is 6.36. The lowest BCUT2D eigenvalue weighted by Gasteiger charge is -2.37. The number of aliphatic hydroxyl groups excluding tert-OH is 1. The topological polar surface area (TPSA) is 94.1 Å². The van der Waals surface area contributed by atoms with Gasteiger partial charge in [0, 0.05) is 37.5 Å². The van der Waals surface area contributed by atoms with Gasteiger partial charge in [0.1, 0.15) is 12.4 Å². The van der Waals surface area contributed by atoms with Crippen molar-refractivity contribution in [1.29, 1.82) is 0 Å². The van der Waals surface area contributed by atoms with E-state index >= 15 is 0 Å². The van der Waals surface area contributed by atoms with E-state index in [2.05, 4.69) is 36.1 Å². The number of aromatic nitrogens is 6. The monoisotopic (exact) mass is 545 g/mol. The van der Waals surface area contributed by atoms with Crippen LogP contribution in [0, 0.1) is 0 Å². The zero-order chi connectivity index (χ0) is 27.1. The highest BCUT2D eigenvalue weighted by atomic mass is 19.4. The lowest BCUT2D eigenvalue weighted by molar-refractivity contribution is -0.137. The average molecular weight is 546 g/mol. The van der Waals surface area contributed by atoms with Gasteiger partial charge in [-0.05, 0) is 75.6 Å². The molecule has 3 atom stereocenters. The van der Waals surface area contributed by atoms with Gasteiger partial charge in [0.2, 0.25) is 5.88 Å². The minimum absolute atomic E-state index is 0.0131. The summed E-state index contributed by atoms with van der Waals surface area (Å²) >= 11 is 0. The van der Waals surface area contributed by atoms with E-state index in [1.807, 2.05) is 17.8 Å². The van der Waals surface area contributed by atoms with E-state index in [0.717, 1.165) is 75.8 Å². The molecule has 1 aliphatic heterocycles. The van der Waals surface area contributed by atoms with Gasteiger partial charge in [0.15, 0.2) is 5.82 Å². The standard InChI is InChI=1S/C27H34F3N7O2/c1-35-24(16-39-25-11-20(7-8-31-25)27(28,29)30)33-34-26(35)18-5-3-17(4-6-18)19-14-32-37(15-19)21-12-22(23(38)13-21)36-9-2-10-36/h7-8,11,14-15,17-18,21-23,38H,2-6,9-10,12-13,16H2,1H3/t17-,18-,21?,22?,23?. The Morgan fingerprint density at radius 2 is 1.85 bits per heavy atom. The van der Waals surface area contributed by atoms with Crippen LogP contribution in [0.4, 0.5) is 13.2 Å². The van der Waals surface area contributed by atoms with Crippen LogP contribution >= 0.6 is 0 Å². The Balaban J connectivity index is 1.03. The lowest BCUT2D eigenvalue weighted by atomic mass is 9.79. The Hall–Kier alpha value is -2.99. The SMILES string of the molecule is Cn1c(COc2cc(C(F)(F)F)ccn2)nnc1[C@H]1CC[C@H](c2cnn(C3CC(O)C(N4CCC4)C3)c2)CC1. The molecule has 0 bridgehead atoms. The van der Waals surface area contributed by atoms with E-state index in [1.165, 1.54) is 12.0 Å². The Labute approximate surface area is 225 Å². The van der Waals surface area contributed by atoms with Crippen LogP contribution < -0.4 is 4.74 Å². The van der Waals surface area contributed by atoms with Gasteiger partial charge in [-0.2, -0.15) is 18.3 Å². The van der Waals surface area contributed by atoms with E-state index in [0.29, 0.717) is 11.7 Å².